The minimum atomic E-state index is -0.495. The van der Waals surface area contributed by atoms with E-state index in [0.717, 1.165) is 0 Å². The predicted octanol–water partition coefficient (Wildman–Crippen LogP) is 4.07. The van der Waals surface area contributed by atoms with E-state index >= 15 is 0 Å². The maximum atomic E-state index is 12.8. The fraction of sp³-hybridized carbons (Fsp3) is 0.893. The van der Waals surface area contributed by atoms with Gasteiger partial charge in [-0.15, -0.1) is 0 Å². The average Bonchev–Trinajstić information content (AvgIpc) is 2.71. The molecule has 0 fully saturated rings. The third-order valence-electron chi connectivity index (χ3n) is 8.64. The van der Waals surface area contributed by atoms with Gasteiger partial charge in [0.2, 0.25) is 17.7 Å². The zero-order valence-electron chi connectivity index (χ0n) is 25.1. The van der Waals surface area contributed by atoms with Crippen LogP contribution in [0.3, 0.4) is 0 Å². The SMILES string of the molecule is CC(C)C(C)(C)C(=O)NCCN(CCNC(=O)C(C)(C)C(C)C)CCNC(=O)C(C)(C)C(C)(C)C. The molecule has 35 heavy (non-hydrogen) atoms. The molecule has 7 nitrogen and oxygen atoms in total. The van der Waals surface area contributed by atoms with Gasteiger partial charge in [-0.25, -0.2) is 0 Å². The van der Waals surface area contributed by atoms with Crippen LogP contribution >= 0.6 is 0 Å². The third kappa shape index (κ3) is 9.74. The van der Waals surface area contributed by atoms with Crippen LogP contribution < -0.4 is 16.0 Å². The van der Waals surface area contributed by atoms with E-state index in [1.165, 1.54) is 0 Å². The number of nitrogens with zero attached hydrogens (tertiary/aromatic N) is 1. The van der Waals surface area contributed by atoms with E-state index in [1.54, 1.807) is 0 Å². The van der Waals surface area contributed by atoms with Gasteiger partial charge in [0.25, 0.3) is 0 Å². The number of amides is 3. The van der Waals surface area contributed by atoms with Crippen LogP contribution in [-0.2, 0) is 14.4 Å². The van der Waals surface area contributed by atoms with E-state index < -0.39 is 16.2 Å². The van der Waals surface area contributed by atoms with E-state index in [1.807, 2.05) is 41.5 Å². The molecule has 0 atom stereocenters. The van der Waals surface area contributed by atoms with Gasteiger partial charge in [-0.1, -0.05) is 90.0 Å². The molecule has 0 aromatic rings. The summed E-state index contributed by atoms with van der Waals surface area (Å²) in [4.78, 5) is 40.2. The molecule has 0 aromatic carbocycles. The molecule has 0 spiro atoms. The summed E-state index contributed by atoms with van der Waals surface area (Å²) in [5.74, 6) is 0.585. The first-order valence-electron chi connectivity index (χ1n) is 13.3. The molecule has 0 aliphatic rings. The summed E-state index contributed by atoms with van der Waals surface area (Å²) in [6, 6.07) is 0. The van der Waals surface area contributed by atoms with Crippen LogP contribution in [0.15, 0.2) is 0 Å². The van der Waals surface area contributed by atoms with Crippen molar-refractivity contribution in [2.24, 2.45) is 33.5 Å². The minimum absolute atomic E-state index is 0.0314. The van der Waals surface area contributed by atoms with Gasteiger partial charge in [-0.05, 0) is 17.3 Å². The van der Waals surface area contributed by atoms with E-state index in [-0.39, 0.29) is 35.0 Å². The van der Waals surface area contributed by atoms with Crippen LogP contribution in [0.25, 0.3) is 0 Å². The van der Waals surface area contributed by atoms with Crippen molar-refractivity contribution in [3.05, 3.63) is 0 Å². The van der Waals surface area contributed by atoms with E-state index in [0.29, 0.717) is 39.3 Å². The van der Waals surface area contributed by atoms with Crippen molar-refractivity contribution >= 4 is 17.7 Å². The molecule has 0 bridgehead atoms. The van der Waals surface area contributed by atoms with Crippen LogP contribution in [-0.4, -0.2) is 61.9 Å². The van der Waals surface area contributed by atoms with Crippen molar-refractivity contribution in [2.75, 3.05) is 39.3 Å². The topological polar surface area (TPSA) is 90.5 Å². The quantitative estimate of drug-likeness (QED) is 0.338. The van der Waals surface area contributed by atoms with Gasteiger partial charge in [-0.2, -0.15) is 0 Å². The highest BCUT2D eigenvalue weighted by Crippen LogP contribution is 2.37. The summed E-state index contributed by atoms with van der Waals surface area (Å²) in [6.45, 7) is 29.7. The van der Waals surface area contributed by atoms with Gasteiger partial charge >= 0.3 is 0 Å². The first kappa shape index (κ1) is 33.4. The molecule has 0 unspecified atom stereocenters. The zero-order valence-corrected chi connectivity index (χ0v) is 25.1. The molecule has 3 N–H and O–H groups in total. The average molecular weight is 497 g/mol. The summed E-state index contributed by atoms with van der Waals surface area (Å²) < 4.78 is 0. The molecule has 0 heterocycles. The summed E-state index contributed by atoms with van der Waals surface area (Å²) in [7, 11) is 0. The molecule has 0 saturated heterocycles. The van der Waals surface area contributed by atoms with Gasteiger partial charge in [0, 0.05) is 55.5 Å². The lowest BCUT2D eigenvalue weighted by atomic mass is 9.69. The van der Waals surface area contributed by atoms with Gasteiger partial charge in [-0.3, -0.25) is 19.3 Å². The molecular weight excluding hydrogens is 440 g/mol. The van der Waals surface area contributed by atoms with E-state index in [9.17, 15) is 14.4 Å². The Hall–Kier alpha value is -1.63. The van der Waals surface area contributed by atoms with Crippen molar-refractivity contribution in [3.8, 4) is 0 Å². The van der Waals surface area contributed by atoms with E-state index in [2.05, 4.69) is 69.3 Å². The monoisotopic (exact) mass is 496 g/mol. The highest BCUT2D eigenvalue weighted by molar-refractivity contribution is 5.83. The van der Waals surface area contributed by atoms with Gasteiger partial charge < -0.3 is 16.0 Å². The first-order chi connectivity index (χ1) is 15.7. The van der Waals surface area contributed by atoms with Crippen LogP contribution in [0, 0.1) is 33.5 Å². The van der Waals surface area contributed by atoms with Crippen molar-refractivity contribution in [1.82, 2.24) is 20.9 Å². The molecule has 206 valence electrons. The third-order valence-corrected chi connectivity index (χ3v) is 8.64. The van der Waals surface area contributed by atoms with Gasteiger partial charge in [0.15, 0.2) is 0 Å². The lowest BCUT2D eigenvalue weighted by Crippen LogP contribution is -2.49. The van der Waals surface area contributed by atoms with E-state index in [4.69, 9.17) is 0 Å². The number of rotatable bonds is 14. The Balaban J connectivity index is 5.05. The summed E-state index contributed by atoms with van der Waals surface area (Å²) in [6.07, 6.45) is 0. The fourth-order valence-corrected chi connectivity index (χ4v) is 2.86. The van der Waals surface area contributed by atoms with Gasteiger partial charge in [0.1, 0.15) is 0 Å². The fourth-order valence-electron chi connectivity index (χ4n) is 2.86. The zero-order chi connectivity index (χ0) is 27.8. The van der Waals surface area contributed by atoms with Crippen LogP contribution in [0.1, 0.15) is 90.0 Å². The molecule has 0 aliphatic carbocycles. The number of carbonyl (C=O) groups is 3. The van der Waals surface area contributed by atoms with Crippen LogP contribution in [0.2, 0.25) is 0 Å². The Morgan fingerprint density at radius 3 is 1.11 bits per heavy atom. The Kier molecular flexibility index (Phi) is 12.5. The van der Waals surface area contributed by atoms with Crippen molar-refractivity contribution in [2.45, 2.75) is 90.0 Å². The Morgan fingerprint density at radius 2 is 0.857 bits per heavy atom. The summed E-state index contributed by atoms with van der Waals surface area (Å²) in [5, 5.41) is 9.20. The second kappa shape index (κ2) is 13.1. The Bertz CT molecular complexity index is 665. The standard InChI is InChI=1S/C28H56N4O3/c1-20(2)26(8,9)22(33)29-14-17-32(18-15-30-23(34)27(10,11)21(3)4)19-16-31-24(35)28(12,13)25(5,6)7/h20-21H,14-19H2,1-13H3,(H,29,33)(H,30,34)(H,31,35). The van der Waals surface area contributed by atoms with Gasteiger partial charge in [0.05, 0.1) is 0 Å². The summed E-state index contributed by atoms with van der Waals surface area (Å²) in [5.41, 5.74) is -1.52. The molecule has 0 aromatic heterocycles. The molecule has 3 amide bonds. The molecule has 0 saturated carbocycles. The smallest absolute Gasteiger partial charge is 0.226 e. The lowest BCUT2D eigenvalue weighted by molar-refractivity contribution is -0.135. The number of carbonyl (C=O) groups excluding carboxylic acids is 3. The molecule has 0 aliphatic heterocycles. The Labute approximate surface area is 215 Å². The maximum Gasteiger partial charge on any atom is 0.226 e. The number of hydrogen-bond acceptors (Lipinski definition) is 4. The summed E-state index contributed by atoms with van der Waals surface area (Å²) >= 11 is 0. The lowest BCUT2D eigenvalue weighted by Gasteiger charge is -2.37. The number of hydrogen-bond donors (Lipinski definition) is 3. The normalized spacial score (nSPS) is 13.4. The van der Waals surface area contributed by atoms with Crippen LogP contribution in [0.4, 0.5) is 0 Å². The highest BCUT2D eigenvalue weighted by atomic mass is 16.2. The molecule has 0 rings (SSSR count). The Morgan fingerprint density at radius 1 is 0.571 bits per heavy atom. The van der Waals surface area contributed by atoms with Crippen molar-refractivity contribution in [3.63, 3.8) is 0 Å². The first-order valence-corrected chi connectivity index (χ1v) is 13.3. The predicted molar refractivity (Wildman–Crippen MR) is 146 cm³/mol. The second-order valence-corrected chi connectivity index (χ2v) is 13.2. The molecular formula is C28H56N4O3. The van der Waals surface area contributed by atoms with Crippen molar-refractivity contribution in [1.29, 1.82) is 0 Å². The number of nitrogens with one attached hydrogen (secondary N) is 3. The minimum Gasteiger partial charge on any atom is -0.354 e. The highest BCUT2D eigenvalue weighted by Gasteiger charge is 2.39. The van der Waals surface area contributed by atoms with Crippen molar-refractivity contribution < 1.29 is 14.4 Å². The maximum absolute atomic E-state index is 12.8. The second-order valence-electron chi connectivity index (χ2n) is 13.2. The largest absolute Gasteiger partial charge is 0.354 e. The van der Waals surface area contributed by atoms with Crippen LogP contribution in [0.5, 0.6) is 0 Å². The molecule has 7 heteroatoms. The molecule has 0 radical (unpaired) electrons.